The molecule has 0 bridgehead atoms. The molecule has 0 saturated heterocycles. The number of rotatable bonds is 5. The predicted octanol–water partition coefficient (Wildman–Crippen LogP) is 2.17. The third kappa shape index (κ3) is 5.41. The summed E-state index contributed by atoms with van der Waals surface area (Å²) in [5.74, 6) is -0.915. The molecule has 21 heavy (non-hydrogen) atoms. The van der Waals surface area contributed by atoms with Gasteiger partial charge >= 0.3 is 12.0 Å². The molecule has 0 fully saturated rings. The van der Waals surface area contributed by atoms with Gasteiger partial charge in [0.15, 0.2) is 0 Å². The fourth-order valence-electron chi connectivity index (χ4n) is 1.92. The monoisotopic (exact) mass is 293 g/mol. The summed E-state index contributed by atoms with van der Waals surface area (Å²) in [6.45, 7) is 8.15. The molecule has 0 aliphatic rings. The van der Waals surface area contributed by atoms with Crippen LogP contribution in [-0.4, -0.2) is 39.1 Å². The fraction of sp³-hybridized carbons (Fsp3) is 0.533. The van der Waals surface area contributed by atoms with Gasteiger partial charge in [-0.1, -0.05) is 0 Å². The Bertz CT molecular complexity index is 509. The minimum absolute atomic E-state index is 0.0705. The highest BCUT2D eigenvalue weighted by atomic mass is 16.4. The van der Waals surface area contributed by atoms with E-state index in [0.29, 0.717) is 6.54 Å². The fourth-order valence-corrected chi connectivity index (χ4v) is 1.92. The Morgan fingerprint density at radius 3 is 2.57 bits per heavy atom. The zero-order chi connectivity index (χ0) is 16.0. The van der Waals surface area contributed by atoms with Gasteiger partial charge in [0.25, 0.3) is 0 Å². The molecule has 6 heteroatoms. The van der Waals surface area contributed by atoms with Crippen LogP contribution in [0.1, 0.15) is 38.3 Å². The molecule has 1 aromatic rings. The van der Waals surface area contributed by atoms with Gasteiger partial charge in [-0.15, -0.1) is 0 Å². The molecule has 1 heterocycles. The predicted molar refractivity (Wildman–Crippen MR) is 79.9 cm³/mol. The van der Waals surface area contributed by atoms with E-state index in [9.17, 15) is 9.59 Å². The molecule has 1 rings (SSSR count). The van der Waals surface area contributed by atoms with Gasteiger partial charge in [0.1, 0.15) is 0 Å². The normalized spacial score (nSPS) is 11.0. The number of hydrogen-bond donors (Lipinski definition) is 2. The van der Waals surface area contributed by atoms with Gasteiger partial charge < -0.3 is 15.3 Å². The minimum Gasteiger partial charge on any atom is -0.481 e. The lowest BCUT2D eigenvalue weighted by atomic mass is 10.1. The summed E-state index contributed by atoms with van der Waals surface area (Å²) in [6.07, 6.45) is 3.35. The third-order valence-corrected chi connectivity index (χ3v) is 3.17. The van der Waals surface area contributed by atoms with E-state index in [1.165, 1.54) is 4.90 Å². The summed E-state index contributed by atoms with van der Waals surface area (Å²) >= 11 is 0. The number of hydrogen-bond acceptors (Lipinski definition) is 3. The second-order valence-corrected chi connectivity index (χ2v) is 5.93. The summed E-state index contributed by atoms with van der Waals surface area (Å²) in [6, 6.07) is 1.59. The number of urea groups is 1. The van der Waals surface area contributed by atoms with Crippen molar-refractivity contribution >= 4 is 12.0 Å². The van der Waals surface area contributed by atoms with Gasteiger partial charge in [0.05, 0.1) is 6.42 Å². The van der Waals surface area contributed by atoms with Crippen LogP contribution in [0.5, 0.6) is 0 Å². The first-order valence-electron chi connectivity index (χ1n) is 6.88. The number of nitrogens with zero attached hydrogens (tertiary/aromatic N) is 2. The van der Waals surface area contributed by atoms with Crippen molar-refractivity contribution < 1.29 is 14.7 Å². The molecule has 0 spiro atoms. The van der Waals surface area contributed by atoms with Gasteiger partial charge in [-0.25, -0.2) is 4.79 Å². The Labute approximate surface area is 125 Å². The number of pyridine rings is 1. The number of carbonyl (C=O) groups is 2. The van der Waals surface area contributed by atoms with E-state index in [-0.39, 0.29) is 19.0 Å². The largest absolute Gasteiger partial charge is 0.481 e. The van der Waals surface area contributed by atoms with Crippen molar-refractivity contribution in [3.63, 3.8) is 0 Å². The van der Waals surface area contributed by atoms with Crippen LogP contribution >= 0.6 is 0 Å². The molecule has 1 aromatic heterocycles. The highest BCUT2D eigenvalue weighted by molar-refractivity contribution is 5.76. The molecule has 2 N–H and O–H groups in total. The first-order valence-corrected chi connectivity index (χ1v) is 6.88. The van der Waals surface area contributed by atoms with Crippen molar-refractivity contribution in [2.75, 3.05) is 6.54 Å². The van der Waals surface area contributed by atoms with Crippen molar-refractivity contribution in [2.45, 2.75) is 46.2 Å². The van der Waals surface area contributed by atoms with Crippen molar-refractivity contribution in [3.05, 3.63) is 29.6 Å². The summed E-state index contributed by atoms with van der Waals surface area (Å²) in [5, 5.41) is 11.6. The van der Waals surface area contributed by atoms with E-state index in [0.717, 1.165) is 11.1 Å². The first kappa shape index (κ1) is 16.9. The number of carboxylic acid groups (broad SMARTS) is 1. The van der Waals surface area contributed by atoms with E-state index in [4.69, 9.17) is 5.11 Å². The number of aryl methyl sites for hydroxylation is 1. The minimum atomic E-state index is -0.915. The van der Waals surface area contributed by atoms with Crippen LogP contribution in [0.2, 0.25) is 0 Å². The zero-order valence-corrected chi connectivity index (χ0v) is 13.0. The second-order valence-electron chi connectivity index (χ2n) is 5.93. The molecule has 0 aromatic carbocycles. The lowest BCUT2D eigenvalue weighted by Gasteiger charge is -2.35. The zero-order valence-electron chi connectivity index (χ0n) is 13.0. The molecule has 0 atom stereocenters. The van der Waals surface area contributed by atoms with Gasteiger partial charge in [-0.2, -0.15) is 0 Å². The number of carbonyl (C=O) groups excluding carboxylic acids is 1. The topological polar surface area (TPSA) is 82.5 Å². The average Bonchev–Trinajstić information content (AvgIpc) is 2.36. The van der Waals surface area contributed by atoms with Crippen molar-refractivity contribution in [3.8, 4) is 0 Å². The Balaban J connectivity index is 2.69. The maximum Gasteiger partial charge on any atom is 0.318 e. The van der Waals surface area contributed by atoms with Crippen molar-refractivity contribution in [1.82, 2.24) is 15.2 Å². The average molecular weight is 293 g/mol. The number of aromatic nitrogens is 1. The van der Waals surface area contributed by atoms with Crippen LogP contribution < -0.4 is 5.32 Å². The number of nitrogens with one attached hydrogen (secondary N) is 1. The van der Waals surface area contributed by atoms with E-state index in [2.05, 4.69) is 10.3 Å². The lowest BCUT2D eigenvalue weighted by Crippen LogP contribution is -2.51. The molecule has 0 aliphatic heterocycles. The Morgan fingerprint density at radius 1 is 1.38 bits per heavy atom. The van der Waals surface area contributed by atoms with Crippen molar-refractivity contribution in [1.29, 1.82) is 0 Å². The SMILES string of the molecule is Cc1cnccc1CNC(=O)N(CCC(=O)O)C(C)(C)C. The van der Waals surface area contributed by atoms with Crippen LogP contribution in [0.15, 0.2) is 18.5 Å². The molecule has 0 saturated carbocycles. The summed E-state index contributed by atoms with van der Waals surface area (Å²) in [7, 11) is 0. The molecule has 0 radical (unpaired) electrons. The highest BCUT2D eigenvalue weighted by Gasteiger charge is 2.26. The van der Waals surface area contributed by atoms with Crippen molar-refractivity contribution in [2.24, 2.45) is 0 Å². The third-order valence-electron chi connectivity index (χ3n) is 3.17. The van der Waals surface area contributed by atoms with Crippen LogP contribution in [0.25, 0.3) is 0 Å². The van der Waals surface area contributed by atoms with Crippen LogP contribution in [0.3, 0.4) is 0 Å². The summed E-state index contributed by atoms with van der Waals surface area (Å²) in [5.41, 5.74) is 1.56. The van der Waals surface area contributed by atoms with Crippen LogP contribution in [0, 0.1) is 6.92 Å². The molecule has 2 amide bonds. The number of aliphatic carboxylic acids is 1. The van der Waals surface area contributed by atoms with E-state index in [1.807, 2.05) is 33.8 Å². The smallest absolute Gasteiger partial charge is 0.318 e. The molecule has 116 valence electrons. The summed E-state index contributed by atoms with van der Waals surface area (Å²) in [4.78, 5) is 28.6. The standard InChI is InChI=1S/C15H23N3O3/c1-11-9-16-7-5-12(11)10-17-14(21)18(15(2,3)4)8-6-13(19)20/h5,7,9H,6,8,10H2,1-4H3,(H,17,21)(H,19,20). The molecule has 0 unspecified atom stereocenters. The van der Waals surface area contributed by atoms with E-state index >= 15 is 0 Å². The maximum absolute atomic E-state index is 12.3. The molecule has 0 aliphatic carbocycles. The Hall–Kier alpha value is -2.11. The van der Waals surface area contributed by atoms with Crippen LogP contribution in [0.4, 0.5) is 4.79 Å². The first-order chi connectivity index (χ1) is 9.71. The quantitative estimate of drug-likeness (QED) is 0.871. The molecular weight excluding hydrogens is 270 g/mol. The highest BCUT2D eigenvalue weighted by Crippen LogP contribution is 2.14. The van der Waals surface area contributed by atoms with E-state index < -0.39 is 11.5 Å². The lowest BCUT2D eigenvalue weighted by molar-refractivity contribution is -0.137. The van der Waals surface area contributed by atoms with E-state index in [1.54, 1.807) is 12.4 Å². The summed E-state index contributed by atoms with van der Waals surface area (Å²) < 4.78 is 0. The maximum atomic E-state index is 12.3. The van der Waals surface area contributed by atoms with Gasteiger partial charge in [-0.3, -0.25) is 9.78 Å². The van der Waals surface area contributed by atoms with Gasteiger partial charge in [-0.05, 0) is 44.9 Å². The van der Waals surface area contributed by atoms with Crippen LogP contribution in [-0.2, 0) is 11.3 Å². The number of amides is 2. The molecule has 6 nitrogen and oxygen atoms in total. The molecular formula is C15H23N3O3. The van der Waals surface area contributed by atoms with Gasteiger partial charge in [0.2, 0.25) is 0 Å². The Kier molecular flexibility index (Phi) is 5.69. The second kappa shape index (κ2) is 7.06. The number of carboxylic acids is 1. The Morgan fingerprint density at radius 2 is 2.05 bits per heavy atom. The van der Waals surface area contributed by atoms with Gasteiger partial charge in [0, 0.05) is 31.0 Å².